The second kappa shape index (κ2) is 16.7. The highest BCUT2D eigenvalue weighted by Gasteiger charge is 2.30. The average Bonchev–Trinajstić information content (AvgIpc) is 2.98. The van der Waals surface area contributed by atoms with Gasteiger partial charge in [0.25, 0.3) is 0 Å². The van der Waals surface area contributed by atoms with E-state index in [0.29, 0.717) is 41.1 Å². The third-order valence-corrected chi connectivity index (χ3v) is 8.81. The summed E-state index contributed by atoms with van der Waals surface area (Å²) in [7, 11) is -3.63. The van der Waals surface area contributed by atoms with Crippen molar-refractivity contribution in [2.75, 3.05) is 30.3 Å². The van der Waals surface area contributed by atoms with Gasteiger partial charge in [-0.2, -0.15) is 0 Å². The van der Waals surface area contributed by atoms with Crippen LogP contribution >= 0.6 is 23.2 Å². The molecule has 0 spiro atoms. The molecular formula is C33H41Cl2N3O5S. The largest absolute Gasteiger partial charge is 0.494 e. The number of halogens is 2. The van der Waals surface area contributed by atoms with Crippen LogP contribution in [0.15, 0.2) is 72.8 Å². The zero-order chi connectivity index (χ0) is 32.3. The van der Waals surface area contributed by atoms with Crippen molar-refractivity contribution >= 4 is 50.7 Å². The summed E-state index contributed by atoms with van der Waals surface area (Å²) < 4.78 is 32.2. The standard InChI is InChI=1S/C33H41Cl2N3O5S/c1-5-43-28-16-14-27(15-17-28)38(44(4,41)42)19-9-12-32(39)37(23-26-13-18-29(34)30(35)20-26)31(33(40)36-22-24(2)3)21-25-10-7-6-8-11-25/h6-8,10-11,13-18,20,24,31H,5,9,12,19,21-23H2,1-4H3,(H,36,40)/t31-/m1/s1. The van der Waals surface area contributed by atoms with Crippen LogP contribution in [0.1, 0.15) is 44.7 Å². The smallest absolute Gasteiger partial charge is 0.243 e. The van der Waals surface area contributed by atoms with Crippen LogP contribution < -0.4 is 14.4 Å². The summed E-state index contributed by atoms with van der Waals surface area (Å²) >= 11 is 12.4. The molecule has 0 bridgehead atoms. The van der Waals surface area contributed by atoms with Crippen molar-refractivity contribution in [3.63, 3.8) is 0 Å². The average molecular weight is 663 g/mol. The van der Waals surface area contributed by atoms with E-state index < -0.39 is 16.1 Å². The lowest BCUT2D eigenvalue weighted by molar-refractivity contribution is -0.141. The molecule has 0 aliphatic carbocycles. The Morgan fingerprint density at radius 3 is 2.20 bits per heavy atom. The van der Waals surface area contributed by atoms with E-state index in [0.717, 1.165) is 17.4 Å². The Balaban J connectivity index is 1.88. The van der Waals surface area contributed by atoms with Gasteiger partial charge in [-0.15, -0.1) is 0 Å². The molecule has 1 atom stereocenters. The number of nitrogens with one attached hydrogen (secondary N) is 1. The number of sulfonamides is 1. The molecule has 1 N–H and O–H groups in total. The van der Waals surface area contributed by atoms with Gasteiger partial charge in [-0.1, -0.05) is 73.4 Å². The van der Waals surface area contributed by atoms with Gasteiger partial charge < -0.3 is 15.0 Å². The summed E-state index contributed by atoms with van der Waals surface area (Å²) in [5, 5.41) is 3.73. The van der Waals surface area contributed by atoms with Gasteiger partial charge in [-0.3, -0.25) is 13.9 Å². The summed E-state index contributed by atoms with van der Waals surface area (Å²) in [5.41, 5.74) is 2.10. The molecule has 3 rings (SSSR count). The van der Waals surface area contributed by atoms with Crippen LogP contribution in [-0.2, 0) is 32.6 Å². The fourth-order valence-corrected chi connectivity index (χ4v) is 5.98. The van der Waals surface area contributed by atoms with Crippen molar-refractivity contribution in [1.82, 2.24) is 10.2 Å². The molecule has 0 fully saturated rings. The number of carbonyl (C=O) groups is 2. The second-order valence-electron chi connectivity index (χ2n) is 11.0. The van der Waals surface area contributed by atoms with Crippen molar-refractivity contribution in [2.45, 2.75) is 52.6 Å². The first kappa shape index (κ1) is 35.2. The van der Waals surface area contributed by atoms with Crippen LogP contribution in [0.4, 0.5) is 5.69 Å². The molecule has 0 saturated heterocycles. The highest BCUT2D eigenvalue weighted by molar-refractivity contribution is 7.92. The Kier molecular flexibility index (Phi) is 13.4. The van der Waals surface area contributed by atoms with Gasteiger partial charge in [0.15, 0.2) is 0 Å². The number of rotatable bonds is 16. The van der Waals surface area contributed by atoms with E-state index >= 15 is 0 Å². The minimum atomic E-state index is -3.63. The SMILES string of the molecule is CCOc1ccc(N(CCCC(=O)N(Cc2ccc(Cl)c(Cl)c2)[C@H](Cc2ccccc2)C(=O)NCC(C)C)S(C)(=O)=O)cc1. The molecule has 0 heterocycles. The molecule has 0 radical (unpaired) electrons. The van der Waals surface area contributed by atoms with Crippen molar-refractivity contribution < 1.29 is 22.7 Å². The summed E-state index contributed by atoms with van der Waals surface area (Å²) in [6.07, 6.45) is 1.70. The first-order valence-electron chi connectivity index (χ1n) is 14.6. The minimum absolute atomic E-state index is 0.0210. The Hall–Kier alpha value is -3.27. The molecule has 3 aromatic rings. The monoisotopic (exact) mass is 661 g/mol. The van der Waals surface area contributed by atoms with Crippen LogP contribution in [0.25, 0.3) is 0 Å². The van der Waals surface area contributed by atoms with Crippen LogP contribution in [0.3, 0.4) is 0 Å². The molecule has 0 saturated carbocycles. The molecule has 0 aliphatic rings. The Morgan fingerprint density at radius 2 is 1.61 bits per heavy atom. The minimum Gasteiger partial charge on any atom is -0.494 e. The molecule has 2 amide bonds. The zero-order valence-electron chi connectivity index (χ0n) is 25.6. The number of hydrogen-bond acceptors (Lipinski definition) is 5. The summed E-state index contributed by atoms with van der Waals surface area (Å²) in [6, 6.07) is 20.6. The molecule has 0 unspecified atom stereocenters. The predicted octanol–water partition coefficient (Wildman–Crippen LogP) is 6.35. The van der Waals surface area contributed by atoms with E-state index in [1.807, 2.05) is 51.1 Å². The molecule has 3 aromatic carbocycles. The first-order chi connectivity index (χ1) is 20.9. The van der Waals surface area contributed by atoms with E-state index in [-0.39, 0.29) is 43.7 Å². The van der Waals surface area contributed by atoms with Crippen molar-refractivity contribution in [1.29, 1.82) is 0 Å². The van der Waals surface area contributed by atoms with Gasteiger partial charge in [0, 0.05) is 32.5 Å². The molecule has 238 valence electrons. The van der Waals surface area contributed by atoms with Crippen molar-refractivity contribution in [3.05, 3.63) is 94.0 Å². The van der Waals surface area contributed by atoms with Crippen molar-refractivity contribution in [3.8, 4) is 5.75 Å². The Labute approximate surface area is 271 Å². The third kappa shape index (κ3) is 10.7. The highest BCUT2D eigenvalue weighted by Crippen LogP contribution is 2.26. The predicted molar refractivity (Wildman–Crippen MR) is 178 cm³/mol. The topological polar surface area (TPSA) is 96.0 Å². The Bertz CT molecular complexity index is 1490. The first-order valence-corrected chi connectivity index (χ1v) is 17.2. The van der Waals surface area contributed by atoms with E-state index in [1.165, 1.54) is 4.31 Å². The molecule has 11 heteroatoms. The molecule has 0 aromatic heterocycles. The summed E-state index contributed by atoms with van der Waals surface area (Å²) in [4.78, 5) is 29.2. The number of anilines is 1. The van der Waals surface area contributed by atoms with Gasteiger partial charge in [0.05, 0.1) is 28.6 Å². The van der Waals surface area contributed by atoms with Gasteiger partial charge in [0.2, 0.25) is 21.8 Å². The quantitative estimate of drug-likeness (QED) is 0.193. The maximum atomic E-state index is 14.0. The lowest BCUT2D eigenvalue weighted by Gasteiger charge is -2.32. The number of hydrogen-bond donors (Lipinski definition) is 1. The number of benzene rings is 3. The molecule has 8 nitrogen and oxygen atoms in total. The van der Waals surface area contributed by atoms with Gasteiger partial charge >= 0.3 is 0 Å². The lowest BCUT2D eigenvalue weighted by Crippen LogP contribution is -2.51. The van der Waals surface area contributed by atoms with E-state index in [1.54, 1.807) is 47.4 Å². The normalized spacial score (nSPS) is 12.1. The summed E-state index contributed by atoms with van der Waals surface area (Å²) in [6.45, 7) is 7.04. The maximum absolute atomic E-state index is 14.0. The van der Waals surface area contributed by atoms with Crippen LogP contribution in [0.2, 0.25) is 10.0 Å². The van der Waals surface area contributed by atoms with Crippen LogP contribution in [0, 0.1) is 5.92 Å². The summed E-state index contributed by atoms with van der Waals surface area (Å²) in [5.74, 6) is 0.318. The number of ether oxygens (including phenoxy) is 1. The van der Waals surface area contributed by atoms with E-state index in [9.17, 15) is 18.0 Å². The fourth-order valence-electron chi connectivity index (χ4n) is 4.69. The number of amides is 2. The number of nitrogens with zero attached hydrogens (tertiary/aromatic N) is 2. The van der Waals surface area contributed by atoms with Crippen LogP contribution in [0.5, 0.6) is 5.75 Å². The molecular weight excluding hydrogens is 621 g/mol. The number of carbonyl (C=O) groups excluding carboxylic acids is 2. The van der Waals surface area contributed by atoms with Crippen molar-refractivity contribution in [2.24, 2.45) is 5.92 Å². The second-order valence-corrected chi connectivity index (χ2v) is 13.7. The van der Waals surface area contributed by atoms with Gasteiger partial charge in [0.1, 0.15) is 11.8 Å². The van der Waals surface area contributed by atoms with Crippen LogP contribution in [-0.4, -0.2) is 57.1 Å². The maximum Gasteiger partial charge on any atom is 0.243 e. The van der Waals surface area contributed by atoms with E-state index in [4.69, 9.17) is 27.9 Å². The zero-order valence-corrected chi connectivity index (χ0v) is 28.0. The Morgan fingerprint density at radius 1 is 0.932 bits per heavy atom. The van der Waals surface area contributed by atoms with Gasteiger partial charge in [-0.25, -0.2) is 8.42 Å². The lowest BCUT2D eigenvalue weighted by atomic mass is 10.0. The molecule has 44 heavy (non-hydrogen) atoms. The fraction of sp³-hybridized carbons (Fsp3) is 0.394. The third-order valence-electron chi connectivity index (χ3n) is 6.88. The van der Waals surface area contributed by atoms with Gasteiger partial charge in [-0.05, 0) is 66.8 Å². The van der Waals surface area contributed by atoms with E-state index in [2.05, 4.69) is 5.32 Å². The molecule has 0 aliphatic heterocycles. The highest BCUT2D eigenvalue weighted by atomic mass is 35.5.